The molecule has 0 spiro atoms. The molecule has 2 bridgehead atoms. The van der Waals surface area contributed by atoms with E-state index in [1.54, 1.807) is 6.20 Å². The molecule has 0 aliphatic carbocycles. The van der Waals surface area contributed by atoms with Gasteiger partial charge in [-0.05, 0) is 38.3 Å². The summed E-state index contributed by atoms with van der Waals surface area (Å²) >= 11 is 0. The molecule has 4 unspecified atom stereocenters. The first-order valence-electron chi connectivity index (χ1n) is 6.59. The van der Waals surface area contributed by atoms with Gasteiger partial charge in [0.15, 0.2) is 0 Å². The maximum absolute atomic E-state index is 11.3. The number of rotatable bonds is 3. The van der Waals surface area contributed by atoms with Crippen LogP contribution in [0.3, 0.4) is 0 Å². The zero-order valence-electron chi connectivity index (χ0n) is 10.5. The number of nitrogens with zero attached hydrogens (tertiary/aromatic N) is 2. The molecule has 4 atom stereocenters. The highest BCUT2D eigenvalue weighted by molar-refractivity contribution is 5.71. The highest BCUT2D eigenvalue weighted by Gasteiger charge is 2.51. The molecule has 1 aromatic heterocycles. The van der Waals surface area contributed by atoms with Gasteiger partial charge in [-0.2, -0.15) is 0 Å². The van der Waals surface area contributed by atoms with E-state index < -0.39 is 5.97 Å². The smallest absolute Gasteiger partial charge is 0.308 e. The predicted molar refractivity (Wildman–Crippen MR) is 67.0 cm³/mol. The monoisotopic (exact) mass is 246 g/mol. The minimum absolute atomic E-state index is 0.185. The molecule has 96 valence electrons. The Morgan fingerprint density at radius 2 is 2.33 bits per heavy atom. The van der Waals surface area contributed by atoms with Crippen molar-refractivity contribution in [2.45, 2.75) is 44.3 Å². The molecule has 0 amide bonds. The van der Waals surface area contributed by atoms with Crippen LogP contribution in [0.5, 0.6) is 0 Å². The van der Waals surface area contributed by atoms with Crippen LogP contribution in [0.4, 0.5) is 0 Å². The predicted octanol–water partition coefficient (Wildman–Crippen LogP) is 2.08. The van der Waals surface area contributed by atoms with Crippen LogP contribution in [0.25, 0.3) is 0 Å². The Morgan fingerprint density at radius 1 is 1.50 bits per heavy atom. The van der Waals surface area contributed by atoms with Crippen LogP contribution < -0.4 is 0 Å². The first-order chi connectivity index (χ1) is 8.68. The number of hydrogen-bond acceptors (Lipinski definition) is 3. The van der Waals surface area contributed by atoms with Crippen molar-refractivity contribution in [3.8, 4) is 0 Å². The van der Waals surface area contributed by atoms with Crippen LogP contribution in [0.15, 0.2) is 24.4 Å². The van der Waals surface area contributed by atoms with E-state index in [2.05, 4.69) is 16.8 Å². The first kappa shape index (κ1) is 11.7. The van der Waals surface area contributed by atoms with E-state index >= 15 is 0 Å². The van der Waals surface area contributed by atoms with Gasteiger partial charge in [-0.3, -0.25) is 14.7 Å². The largest absolute Gasteiger partial charge is 0.481 e. The third kappa shape index (κ3) is 1.72. The lowest BCUT2D eigenvalue weighted by Crippen LogP contribution is -2.35. The number of carboxylic acid groups (broad SMARTS) is 1. The summed E-state index contributed by atoms with van der Waals surface area (Å²) in [7, 11) is 0. The molecular formula is C14H18N2O2. The van der Waals surface area contributed by atoms with Crippen molar-refractivity contribution in [2.24, 2.45) is 5.92 Å². The summed E-state index contributed by atoms with van der Waals surface area (Å²) in [4.78, 5) is 18.0. The standard InChI is InChI=1S/C14H18N2O2/c1-9(12-4-2-3-7-15-12)16-10-5-6-13(16)11(8-10)14(17)18/h2-4,7,9-11,13H,5-6,8H2,1H3,(H,17,18). The molecule has 0 saturated carbocycles. The van der Waals surface area contributed by atoms with Crippen molar-refractivity contribution >= 4 is 5.97 Å². The maximum Gasteiger partial charge on any atom is 0.308 e. The Hall–Kier alpha value is -1.42. The van der Waals surface area contributed by atoms with Gasteiger partial charge in [0, 0.05) is 24.3 Å². The molecule has 1 aromatic rings. The molecular weight excluding hydrogens is 228 g/mol. The molecule has 0 radical (unpaired) electrons. The number of carboxylic acids is 1. The van der Waals surface area contributed by atoms with E-state index in [1.807, 2.05) is 18.2 Å². The van der Waals surface area contributed by atoms with E-state index in [4.69, 9.17) is 0 Å². The molecule has 2 aliphatic rings. The Morgan fingerprint density at radius 3 is 2.94 bits per heavy atom. The second-order valence-corrected chi connectivity index (χ2v) is 5.36. The van der Waals surface area contributed by atoms with Crippen LogP contribution in [0, 0.1) is 5.92 Å². The zero-order valence-corrected chi connectivity index (χ0v) is 10.5. The number of carbonyl (C=O) groups is 1. The van der Waals surface area contributed by atoms with Crippen molar-refractivity contribution in [3.05, 3.63) is 30.1 Å². The number of aliphatic carboxylic acids is 1. The van der Waals surface area contributed by atoms with Crippen LogP contribution in [0.1, 0.15) is 37.9 Å². The summed E-state index contributed by atoms with van der Waals surface area (Å²) in [5.74, 6) is -0.824. The minimum atomic E-state index is -0.638. The quantitative estimate of drug-likeness (QED) is 0.887. The first-order valence-corrected chi connectivity index (χ1v) is 6.59. The highest BCUT2D eigenvalue weighted by Crippen LogP contribution is 2.46. The Labute approximate surface area is 107 Å². The van der Waals surface area contributed by atoms with E-state index in [-0.39, 0.29) is 18.0 Å². The second-order valence-electron chi connectivity index (χ2n) is 5.36. The number of pyridine rings is 1. The van der Waals surface area contributed by atoms with Gasteiger partial charge in [0.2, 0.25) is 0 Å². The fourth-order valence-corrected chi connectivity index (χ4v) is 3.68. The average molecular weight is 246 g/mol. The van der Waals surface area contributed by atoms with Gasteiger partial charge in [0.1, 0.15) is 0 Å². The maximum atomic E-state index is 11.3. The summed E-state index contributed by atoms with van der Waals surface area (Å²) in [6.07, 6.45) is 4.75. The van der Waals surface area contributed by atoms with Crippen molar-refractivity contribution in [1.29, 1.82) is 0 Å². The van der Waals surface area contributed by atoms with Crippen LogP contribution in [-0.2, 0) is 4.79 Å². The van der Waals surface area contributed by atoms with Gasteiger partial charge in [-0.15, -0.1) is 0 Å². The summed E-state index contributed by atoms with van der Waals surface area (Å²) in [6.45, 7) is 2.14. The minimum Gasteiger partial charge on any atom is -0.481 e. The van der Waals surface area contributed by atoms with E-state index in [1.165, 1.54) is 0 Å². The van der Waals surface area contributed by atoms with E-state index in [9.17, 15) is 9.90 Å². The van der Waals surface area contributed by atoms with Crippen LogP contribution in [0.2, 0.25) is 0 Å². The number of hydrogen-bond donors (Lipinski definition) is 1. The van der Waals surface area contributed by atoms with Gasteiger partial charge in [-0.1, -0.05) is 6.07 Å². The molecule has 18 heavy (non-hydrogen) atoms. The van der Waals surface area contributed by atoms with E-state index in [0.29, 0.717) is 6.04 Å². The highest BCUT2D eigenvalue weighted by atomic mass is 16.4. The summed E-state index contributed by atoms with van der Waals surface area (Å²) < 4.78 is 0. The topological polar surface area (TPSA) is 53.4 Å². The molecule has 0 aromatic carbocycles. The van der Waals surface area contributed by atoms with Gasteiger partial charge >= 0.3 is 5.97 Å². The van der Waals surface area contributed by atoms with Crippen molar-refractivity contribution in [2.75, 3.05) is 0 Å². The Kier molecular flexibility index (Phi) is 2.82. The third-order valence-electron chi connectivity index (χ3n) is 4.47. The molecule has 2 aliphatic heterocycles. The Balaban J connectivity index is 1.84. The van der Waals surface area contributed by atoms with Gasteiger partial charge in [0.05, 0.1) is 11.6 Å². The number of aromatic nitrogens is 1. The molecule has 4 heteroatoms. The Bertz CT molecular complexity index is 448. The third-order valence-corrected chi connectivity index (χ3v) is 4.47. The summed E-state index contributed by atoms with van der Waals surface area (Å²) in [5, 5.41) is 9.26. The summed E-state index contributed by atoms with van der Waals surface area (Å²) in [5.41, 5.74) is 1.04. The van der Waals surface area contributed by atoms with Crippen molar-refractivity contribution < 1.29 is 9.90 Å². The van der Waals surface area contributed by atoms with Gasteiger partial charge < -0.3 is 5.11 Å². The van der Waals surface area contributed by atoms with Crippen LogP contribution >= 0.6 is 0 Å². The zero-order chi connectivity index (χ0) is 12.7. The SMILES string of the molecule is CC(c1ccccn1)N1C2CCC1C(C(=O)O)C2. The lowest BCUT2D eigenvalue weighted by molar-refractivity contribution is -0.142. The molecule has 1 N–H and O–H groups in total. The lowest BCUT2D eigenvalue weighted by atomic mass is 9.89. The average Bonchev–Trinajstić information content (AvgIpc) is 2.96. The van der Waals surface area contributed by atoms with Crippen LogP contribution in [-0.4, -0.2) is 33.0 Å². The molecule has 3 heterocycles. The summed E-state index contributed by atoms with van der Waals surface area (Å²) in [6, 6.07) is 6.77. The normalized spacial score (nSPS) is 32.6. The van der Waals surface area contributed by atoms with Crippen molar-refractivity contribution in [1.82, 2.24) is 9.88 Å². The molecule has 2 fully saturated rings. The fourth-order valence-electron chi connectivity index (χ4n) is 3.68. The lowest BCUT2D eigenvalue weighted by Gasteiger charge is -2.29. The fraction of sp³-hybridized carbons (Fsp3) is 0.571. The van der Waals surface area contributed by atoms with Gasteiger partial charge in [-0.25, -0.2) is 0 Å². The molecule has 2 saturated heterocycles. The second kappa shape index (κ2) is 4.35. The molecule has 3 rings (SSSR count). The van der Waals surface area contributed by atoms with Crippen molar-refractivity contribution in [3.63, 3.8) is 0 Å². The number of fused-ring (bicyclic) bond motifs is 2. The van der Waals surface area contributed by atoms with E-state index in [0.717, 1.165) is 25.0 Å². The molecule has 4 nitrogen and oxygen atoms in total. The van der Waals surface area contributed by atoms with Gasteiger partial charge in [0.25, 0.3) is 0 Å².